The molecule has 0 radical (unpaired) electrons. The van der Waals surface area contributed by atoms with E-state index in [1.165, 1.54) is 19.2 Å². The fourth-order valence-electron chi connectivity index (χ4n) is 3.21. The second-order valence-electron chi connectivity index (χ2n) is 5.77. The molecular formula is C18H17N3O3. The van der Waals surface area contributed by atoms with Crippen molar-refractivity contribution in [2.24, 2.45) is 0 Å². The fraction of sp³-hybridized carbons (Fsp3) is 0.333. The lowest BCUT2D eigenvalue weighted by atomic mass is 9.92. The van der Waals surface area contributed by atoms with Gasteiger partial charge < -0.3 is 4.74 Å². The van der Waals surface area contributed by atoms with Crippen LogP contribution >= 0.6 is 0 Å². The molecule has 0 saturated heterocycles. The molecule has 1 aliphatic rings. The summed E-state index contributed by atoms with van der Waals surface area (Å²) < 4.78 is 5.33. The van der Waals surface area contributed by atoms with Crippen molar-refractivity contribution in [1.82, 2.24) is 4.98 Å². The maximum atomic E-state index is 10.9. The quantitative estimate of drug-likeness (QED) is 0.487. The zero-order chi connectivity index (χ0) is 17.1. The number of nitro groups is 1. The first-order chi connectivity index (χ1) is 11.7. The van der Waals surface area contributed by atoms with Crippen LogP contribution in [0.1, 0.15) is 36.1 Å². The number of ether oxygens (including phenoxy) is 1. The molecule has 6 heteroatoms. The third kappa shape index (κ3) is 2.81. The Bertz CT molecular complexity index is 823. The van der Waals surface area contributed by atoms with Crippen molar-refractivity contribution in [1.29, 1.82) is 5.26 Å². The molecule has 0 atom stereocenters. The minimum absolute atomic E-state index is 0.0318. The van der Waals surface area contributed by atoms with Crippen LogP contribution in [0.5, 0.6) is 5.88 Å². The average molecular weight is 323 g/mol. The highest BCUT2D eigenvalue weighted by atomic mass is 16.6. The van der Waals surface area contributed by atoms with E-state index < -0.39 is 4.92 Å². The number of hydrogen-bond acceptors (Lipinski definition) is 5. The van der Waals surface area contributed by atoms with Crippen molar-refractivity contribution >= 4 is 5.69 Å². The van der Waals surface area contributed by atoms with Crippen LogP contribution in [-0.4, -0.2) is 17.0 Å². The Kier molecular flexibility index (Phi) is 4.43. The molecule has 3 rings (SSSR count). The zero-order valence-electron chi connectivity index (χ0n) is 13.4. The summed E-state index contributed by atoms with van der Waals surface area (Å²) in [5.41, 5.74) is 4.05. The second-order valence-corrected chi connectivity index (χ2v) is 5.77. The third-order valence-electron chi connectivity index (χ3n) is 4.36. The largest absolute Gasteiger partial charge is 0.480 e. The van der Waals surface area contributed by atoms with Crippen LogP contribution in [0, 0.1) is 21.4 Å². The molecule has 0 aliphatic heterocycles. The number of hydrogen-bond donors (Lipinski definition) is 0. The van der Waals surface area contributed by atoms with Gasteiger partial charge in [-0.15, -0.1) is 0 Å². The van der Waals surface area contributed by atoms with Crippen molar-refractivity contribution in [3.63, 3.8) is 0 Å². The second kappa shape index (κ2) is 6.67. The SMILES string of the molecule is COc1nc2c(c(-c3ccc([N+](=O)[O-])cc3)c1C#N)CCCCC2. The summed E-state index contributed by atoms with van der Waals surface area (Å²) in [5.74, 6) is 0.325. The van der Waals surface area contributed by atoms with Crippen LogP contribution in [0.4, 0.5) is 5.69 Å². The van der Waals surface area contributed by atoms with Crippen molar-refractivity contribution in [2.45, 2.75) is 32.1 Å². The molecule has 1 aliphatic carbocycles. The maximum Gasteiger partial charge on any atom is 0.269 e. The predicted octanol–water partition coefficient (Wildman–Crippen LogP) is 3.81. The molecule has 0 unspecified atom stereocenters. The number of nitriles is 1. The van der Waals surface area contributed by atoms with E-state index in [-0.39, 0.29) is 5.69 Å². The lowest BCUT2D eigenvalue weighted by Gasteiger charge is -2.16. The summed E-state index contributed by atoms with van der Waals surface area (Å²) in [6.45, 7) is 0. The van der Waals surface area contributed by atoms with Gasteiger partial charge >= 0.3 is 0 Å². The Labute approximate surface area is 139 Å². The van der Waals surface area contributed by atoms with Gasteiger partial charge in [0, 0.05) is 23.4 Å². The van der Waals surface area contributed by atoms with E-state index in [0.29, 0.717) is 11.4 Å². The highest BCUT2D eigenvalue weighted by Crippen LogP contribution is 2.37. The lowest BCUT2D eigenvalue weighted by Crippen LogP contribution is -2.05. The Morgan fingerprint density at radius 3 is 2.54 bits per heavy atom. The molecule has 0 saturated carbocycles. The highest BCUT2D eigenvalue weighted by Gasteiger charge is 2.23. The lowest BCUT2D eigenvalue weighted by molar-refractivity contribution is -0.384. The summed E-state index contributed by atoms with van der Waals surface area (Å²) in [6.07, 6.45) is 4.95. The van der Waals surface area contributed by atoms with Gasteiger partial charge in [-0.2, -0.15) is 5.26 Å². The molecule has 24 heavy (non-hydrogen) atoms. The number of nitro benzene ring substituents is 1. The third-order valence-corrected chi connectivity index (χ3v) is 4.36. The van der Waals surface area contributed by atoms with E-state index in [2.05, 4.69) is 11.1 Å². The zero-order valence-corrected chi connectivity index (χ0v) is 13.4. The monoisotopic (exact) mass is 323 g/mol. The van der Waals surface area contributed by atoms with Gasteiger partial charge in [-0.05, 0) is 48.9 Å². The average Bonchev–Trinajstić information content (AvgIpc) is 2.85. The van der Waals surface area contributed by atoms with E-state index in [9.17, 15) is 15.4 Å². The normalized spacial score (nSPS) is 13.5. The molecule has 0 spiro atoms. The standard InChI is InChI=1S/C18H17N3O3/c1-24-18-15(11-19)17(12-7-9-13(10-8-12)21(22)23)14-5-3-2-4-6-16(14)20-18/h7-10H,2-6H2,1H3. The van der Waals surface area contributed by atoms with Gasteiger partial charge in [0.1, 0.15) is 11.6 Å². The summed E-state index contributed by atoms with van der Waals surface area (Å²) in [5, 5.41) is 20.5. The smallest absolute Gasteiger partial charge is 0.269 e. The number of non-ortho nitro benzene ring substituents is 1. The van der Waals surface area contributed by atoms with Crippen LogP contribution in [0.15, 0.2) is 24.3 Å². The van der Waals surface area contributed by atoms with Crippen LogP contribution < -0.4 is 4.74 Å². The Hall–Kier alpha value is -2.94. The molecule has 122 valence electrons. The number of rotatable bonds is 3. The molecular weight excluding hydrogens is 306 g/mol. The fourth-order valence-corrected chi connectivity index (χ4v) is 3.21. The van der Waals surface area contributed by atoms with E-state index in [1.54, 1.807) is 12.1 Å². The Morgan fingerprint density at radius 1 is 1.21 bits per heavy atom. The number of methoxy groups -OCH3 is 1. The molecule has 2 aromatic rings. The summed E-state index contributed by atoms with van der Waals surface area (Å²) in [7, 11) is 1.51. The van der Waals surface area contributed by atoms with Gasteiger partial charge in [-0.1, -0.05) is 6.42 Å². The predicted molar refractivity (Wildman–Crippen MR) is 88.9 cm³/mol. The molecule has 1 aromatic carbocycles. The minimum atomic E-state index is -0.428. The van der Waals surface area contributed by atoms with Gasteiger partial charge in [-0.25, -0.2) is 4.98 Å². The molecule has 0 N–H and O–H groups in total. The number of nitrogens with zero attached hydrogens (tertiary/aromatic N) is 3. The summed E-state index contributed by atoms with van der Waals surface area (Å²) in [4.78, 5) is 15.0. The van der Waals surface area contributed by atoms with Crippen LogP contribution in [0.25, 0.3) is 11.1 Å². The summed E-state index contributed by atoms with van der Waals surface area (Å²) >= 11 is 0. The number of pyridine rings is 1. The van der Waals surface area contributed by atoms with E-state index in [4.69, 9.17) is 4.74 Å². The first kappa shape index (κ1) is 15.9. The van der Waals surface area contributed by atoms with Crippen molar-refractivity contribution in [3.8, 4) is 23.1 Å². The van der Waals surface area contributed by atoms with E-state index >= 15 is 0 Å². The van der Waals surface area contributed by atoms with Gasteiger partial charge in [0.2, 0.25) is 5.88 Å². The van der Waals surface area contributed by atoms with Crippen LogP contribution in [0.3, 0.4) is 0 Å². The molecule has 0 amide bonds. The van der Waals surface area contributed by atoms with Crippen molar-refractivity contribution in [3.05, 3.63) is 51.2 Å². The van der Waals surface area contributed by atoms with Gasteiger partial charge in [0.15, 0.2) is 0 Å². The molecule has 1 aromatic heterocycles. The van der Waals surface area contributed by atoms with Crippen LogP contribution in [0.2, 0.25) is 0 Å². The highest BCUT2D eigenvalue weighted by molar-refractivity contribution is 5.77. The van der Waals surface area contributed by atoms with Crippen molar-refractivity contribution < 1.29 is 9.66 Å². The number of fused-ring (bicyclic) bond motifs is 1. The Balaban J connectivity index is 2.24. The van der Waals surface area contributed by atoms with Gasteiger partial charge in [0.25, 0.3) is 5.69 Å². The Morgan fingerprint density at radius 2 is 1.92 bits per heavy atom. The summed E-state index contributed by atoms with van der Waals surface area (Å²) in [6, 6.07) is 8.52. The molecule has 0 bridgehead atoms. The van der Waals surface area contributed by atoms with Gasteiger partial charge in [-0.3, -0.25) is 10.1 Å². The van der Waals surface area contributed by atoms with Gasteiger partial charge in [0.05, 0.1) is 12.0 Å². The number of benzene rings is 1. The molecule has 6 nitrogen and oxygen atoms in total. The van der Waals surface area contributed by atoms with E-state index in [0.717, 1.165) is 54.5 Å². The topological polar surface area (TPSA) is 89.1 Å². The molecule has 1 heterocycles. The maximum absolute atomic E-state index is 10.9. The van der Waals surface area contributed by atoms with E-state index in [1.807, 2.05) is 0 Å². The van der Waals surface area contributed by atoms with Crippen LogP contribution in [-0.2, 0) is 12.8 Å². The van der Waals surface area contributed by atoms with Crippen molar-refractivity contribution in [2.75, 3.05) is 7.11 Å². The first-order valence-electron chi connectivity index (χ1n) is 7.90. The number of aryl methyl sites for hydroxylation is 1. The first-order valence-corrected chi connectivity index (χ1v) is 7.90. The number of aromatic nitrogens is 1. The minimum Gasteiger partial charge on any atom is -0.480 e. The molecule has 0 fully saturated rings.